The minimum atomic E-state index is 0.00484. The van der Waals surface area contributed by atoms with Crippen LogP contribution in [-0.2, 0) is 9.53 Å². The molecule has 2 atom stereocenters. The molecule has 1 aromatic rings. The van der Waals surface area contributed by atoms with Gasteiger partial charge in [0, 0.05) is 6.42 Å². The first-order valence-electron chi connectivity index (χ1n) is 9.32. The zero-order valence-electron chi connectivity index (χ0n) is 15.0. The topological polar surface area (TPSA) is 41.6 Å². The summed E-state index contributed by atoms with van der Waals surface area (Å²) in [6, 6.07) is 8.50. The molecule has 132 valence electrons. The lowest BCUT2D eigenvalue weighted by Gasteiger charge is -2.39. The van der Waals surface area contributed by atoms with Gasteiger partial charge >= 0.3 is 0 Å². The van der Waals surface area contributed by atoms with Crippen molar-refractivity contribution in [2.24, 2.45) is 5.92 Å². The number of piperidine rings is 1. The molecule has 2 aliphatic heterocycles. The van der Waals surface area contributed by atoms with E-state index in [2.05, 4.69) is 31.3 Å². The number of carbonyl (C=O) groups is 1. The van der Waals surface area contributed by atoms with Gasteiger partial charge in [-0.25, -0.2) is 0 Å². The van der Waals surface area contributed by atoms with E-state index in [0.29, 0.717) is 31.4 Å². The first-order valence-corrected chi connectivity index (χ1v) is 9.32. The van der Waals surface area contributed by atoms with E-state index in [0.717, 1.165) is 19.5 Å². The fourth-order valence-electron chi connectivity index (χ4n) is 3.88. The molecule has 24 heavy (non-hydrogen) atoms. The van der Waals surface area contributed by atoms with Crippen LogP contribution in [-0.4, -0.2) is 43.1 Å². The summed E-state index contributed by atoms with van der Waals surface area (Å²) in [5, 5.41) is 3.39. The molecular formula is C20H30N2O2. The highest BCUT2D eigenvalue weighted by atomic mass is 16.5. The molecule has 1 amide bonds. The Hall–Kier alpha value is -1.39. The quantitative estimate of drug-likeness (QED) is 0.922. The number of amides is 1. The van der Waals surface area contributed by atoms with Gasteiger partial charge in [0.2, 0.25) is 5.91 Å². The second-order valence-corrected chi connectivity index (χ2v) is 7.31. The molecule has 2 aliphatic rings. The van der Waals surface area contributed by atoms with E-state index >= 15 is 0 Å². The Morgan fingerprint density at radius 1 is 1.29 bits per heavy atom. The van der Waals surface area contributed by atoms with Gasteiger partial charge in [0.15, 0.2) is 0 Å². The average Bonchev–Trinajstić information content (AvgIpc) is 2.61. The van der Waals surface area contributed by atoms with Gasteiger partial charge in [-0.3, -0.25) is 4.79 Å². The maximum Gasteiger partial charge on any atom is 0.222 e. The number of benzene rings is 1. The third kappa shape index (κ3) is 4.17. The fraction of sp³-hybridized carbons (Fsp3) is 0.650. The molecule has 0 aliphatic carbocycles. The average molecular weight is 330 g/mol. The number of nitrogens with one attached hydrogen (secondary N) is 1. The molecule has 4 heteroatoms. The molecule has 1 N–H and O–H groups in total. The highest BCUT2D eigenvalue weighted by Crippen LogP contribution is 2.28. The number of hydrogen-bond acceptors (Lipinski definition) is 3. The van der Waals surface area contributed by atoms with Gasteiger partial charge in [-0.15, -0.1) is 0 Å². The van der Waals surface area contributed by atoms with Crippen molar-refractivity contribution >= 4 is 5.91 Å². The van der Waals surface area contributed by atoms with Crippen molar-refractivity contribution in [2.75, 3.05) is 26.2 Å². The summed E-state index contributed by atoms with van der Waals surface area (Å²) in [7, 11) is 0. The van der Waals surface area contributed by atoms with Gasteiger partial charge in [0.05, 0.1) is 19.2 Å². The van der Waals surface area contributed by atoms with Crippen molar-refractivity contribution in [1.29, 1.82) is 0 Å². The first kappa shape index (κ1) is 17.4. The standard InChI is InChI=1S/C20H30N2O2/c1-15-5-3-4-6-18(15)19-13-22(16(2)14-24-19)20(23)8-7-17-9-11-21-12-10-17/h3-6,16-17,19,21H,7-14H2,1-2H3/t16-,19+/m1/s1. The third-order valence-electron chi connectivity index (χ3n) is 5.51. The van der Waals surface area contributed by atoms with E-state index in [1.165, 1.54) is 24.0 Å². The number of ether oxygens (including phenoxy) is 1. The smallest absolute Gasteiger partial charge is 0.222 e. The molecule has 0 bridgehead atoms. The second-order valence-electron chi connectivity index (χ2n) is 7.31. The lowest BCUT2D eigenvalue weighted by Crippen LogP contribution is -2.48. The van der Waals surface area contributed by atoms with Crippen LogP contribution < -0.4 is 5.32 Å². The molecule has 0 radical (unpaired) electrons. The molecular weight excluding hydrogens is 300 g/mol. The Balaban J connectivity index is 1.58. The van der Waals surface area contributed by atoms with Crippen molar-refractivity contribution in [1.82, 2.24) is 10.2 Å². The van der Waals surface area contributed by atoms with Gasteiger partial charge in [-0.05, 0) is 63.2 Å². The summed E-state index contributed by atoms with van der Waals surface area (Å²) < 4.78 is 6.03. The Morgan fingerprint density at radius 3 is 2.79 bits per heavy atom. The predicted octanol–water partition coefficient (Wildman–Crippen LogP) is 3.06. The lowest BCUT2D eigenvalue weighted by molar-refractivity contribution is -0.144. The molecule has 0 aromatic heterocycles. The SMILES string of the molecule is Cc1ccccc1[C@@H]1CN(C(=O)CCC2CCNCC2)[C@H](C)CO1. The lowest BCUT2D eigenvalue weighted by atomic mass is 9.92. The maximum absolute atomic E-state index is 12.8. The van der Waals surface area contributed by atoms with Gasteiger partial charge in [0.25, 0.3) is 0 Å². The molecule has 0 saturated carbocycles. The van der Waals surface area contributed by atoms with Crippen LogP contribution in [0.15, 0.2) is 24.3 Å². The van der Waals surface area contributed by atoms with Gasteiger partial charge in [-0.2, -0.15) is 0 Å². The van der Waals surface area contributed by atoms with Crippen LogP contribution in [0.1, 0.15) is 49.8 Å². The van der Waals surface area contributed by atoms with E-state index in [1.54, 1.807) is 0 Å². The Kier molecular flexibility index (Phi) is 5.90. The largest absolute Gasteiger partial charge is 0.370 e. The van der Waals surface area contributed by atoms with Crippen molar-refractivity contribution in [3.05, 3.63) is 35.4 Å². The molecule has 2 fully saturated rings. The number of carbonyl (C=O) groups excluding carboxylic acids is 1. The van der Waals surface area contributed by atoms with Crippen LogP contribution in [0, 0.1) is 12.8 Å². The molecule has 0 unspecified atom stereocenters. The summed E-state index contributed by atoms with van der Waals surface area (Å²) >= 11 is 0. The molecule has 4 nitrogen and oxygen atoms in total. The van der Waals surface area contributed by atoms with E-state index < -0.39 is 0 Å². The van der Waals surface area contributed by atoms with E-state index in [4.69, 9.17) is 4.74 Å². The van der Waals surface area contributed by atoms with Crippen LogP contribution in [0.25, 0.3) is 0 Å². The van der Waals surface area contributed by atoms with Crippen LogP contribution >= 0.6 is 0 Å². The van der Waals surface area contributed by atoms with E-state index in [9.17, 15) is 4.79 Å². The van der Waals surface area contributed by atoms with Gasteiger partial charge in [0.1, 0.15) is 6.10 Å². The van der Waals surface area contributed by atoms with Crippen LogP contribution in [0.5, 0.6) is 0 Å². The minimum absolute atomic E-state index is 0.00484. The molecule has 0 spiro atoms. The number of hydrogen-bond donors (Lipinski definition) is 1. The minimum Gasteiger partial charge on any atom is -0.370 e. The fourth-order valence-corrected chi connectivity index (χ4v) is 3.88. The number of nitrogens with zero attached hydrogens (tertiary/aromatic N) is 1. The molecule has 2 heterocycles. The Bertz CT molecular complexity index is 554. The highest BCUT2D eigenvalue weighted by Gasteiger charge is 2.31. The summed E-state index contributed by atoms with van der Waals surface area (Å²) in [5.74, 6) is 1.00. The van der Waals surface area contributed by atoms with E-state index in [-0.39, 0.29) is 12.1 Å². The van der Waals surface area contributed by atoms with Crippen LogP contribution in [0.3, 0.4) is 0 Å². The first-order chi connectivity index (χ1) is 11.6. The zero-order chi connectivity index (χ0) is 16.9. The van der Waals surface area contributed by atoms with Crippen molar-refractivity contribution in [3.63, 3.8) is 0 Å². The molecule has 3 rings (SSSR count). The predicted molar refractivity (Wildman–Crippen MR) is 95.9 cm³/mol. The van der Waals surface area contributed by atoms with Crippen molar-refractivity contribution in [2.45, 2.75) is 51.7 Å². The van der Waals surface area contributed by atoms with Gasteiger partial charge in [-0.1, -0.05) is 24.3 Å². The Labute approximate surface area is 145 Å². The number of morpholine rings is 1. The summed E-state index contributed by atoms with van der Waals surface area (Å²) in [4.78, 5) is 14.8. The third-order valence-corrected chi connectivity index (χ3v) is 5.51. The molecule has 1 aromatic carbocycles. The van der Waals surface area contributed by atoms with Crippen molar-refractivity contribution in [3.8, 4) is 0 Å². The Morgan fingerprint density at radius 2 is 2.04 bits per heavy atom. The zero-order valence-corrected chi connectivity index (χ0v) is 15.0. The summed E-state index contributed by atoms with van der Waals surface area (Å²) in [5.41, 5.74) is 2.44. The molecule has 2 saturated heterocycles. The number of aryl methyl sites for hydroxylation is 1. The normalized spacial score (nSPS) is 25.7. The van der Waals surface area contributed by atoms with Crippen LogP contribution in [0.4, 0.5) is 0 Å². The highest BCUT2D eigenvalue weighted by molar-refractivity contribution is 5.76. The van der Waals surface area contributed by atoms with Gasteiger partial charge < -0.3 is 15.0 Å². The summed E-state index contributed by atoms with van der Waals surface area (Å²) in [6.45, 7) is 7.70. The summed E-state index contributed by atoms with van der Waals surface area (Å²) in [6.07, 6.45) is 4.12. The monoisotopic (exact) mass is 330 g/mol. The van der Waals surface area contributed by atoms with Crippen LogP contribution in [0.2, 0.25) is 0 Å². The number of rotatable bonds is 4. The van der Waals surface area contributed by atoms with E-state index in [1.807, 2.05) is 17.0 Å². The second kappa shape index (κ2) is 8.13. The van der Waals surface area contributed by atoms with Crippen molar-refractivity contribution < 1.29 is 9.53 Å². The maximum atomic E-state index is 12.8.